The second kappa shape index (κ2) is 7.14. The molecule has 0 spiro atoms. The molecule has 3 nitrogen and oxygen atoms in total. The number of hydrogen-bond acceptors (Lipinski definition) is 3. The van der Waals surface area contributed by atoms with Crippen LogP contribution in [0.1, 0.15) is 30.5 Å². The van der Waals surface area contributed by atoms with Crippen molar-refractivity contribution in [2.24, 2.45) is 5.73 Å². The monoisotopic (exact) mass is 284 g/mol. The highest BCUT2D eigenvalue weighted by molar-refractivity contribution is 5.47. The summed E-state index contributed by atoms with van der Waals surface area (Å²) in [7, 11) is 4.06. The van der Waals surface area contributed by atoms with E-state index in [9.17, 15) is 0 Å². The summed E-state index contributed by atoms with van der Waals surface area (Å²) < 4.78 is 5.59. The molecule has 0 amide bonds. The van der Waals surface area contributed by atoms with Crippen molar-refractivity contribution < 1.29 is 4.74 Å². The van der Waals surface area contributed by atoms with Crippen molar-refractivity contribution in [1.29, 1.82) is 0 Å². The minimum absolute atomic E-state index is 0.110. The second-order valence-corrected chi connectivity index (χ2v) is 5.38. The molecule has 2 rings (SSSR count). The first kappa shape index (κ1) is 15.4. The summed E-state index contributed by atoms with van der Waals surface area (Å²) in [5.41, 5.74) is 9.72. The van der Waals surface area contributed by atoms with Crippen molar-refractivity contribution in [3.8, 4) is 5.75 Å². The first-order valence-corrected chi connectivity index (χ1v) is 7.37. The van der Waals surface area contributed by atoms with Crippen LogP contribution in [0.15, 0.2) is 48.5 Å². The number of nitrogens with two attached hydrogens (primary N) is 1. The normalized spacial score (nSPS) is 12.0. The van der Waals surface area contributed by atoms with Gasteiger partial charge in [0.1, 0.15) is 5.75 Å². The van der Waals surface area contributed by atoms with Crippen LogP contribution < -0.4 is 15.4 Å². The van der Waals surface area contributed by atoms with Crippen molar-refractivity contribution >= 4 is 5.69 Å². The molecule has 0 aliphatic rings. The molecule has 21 heavy (non-hydrogen) atoms. The number of benzene rings is 2. The maximum absolute atomic E-state index is 6.34. The Bertz CT molecular complexity index is 546. The van der Waals surface area contributed by atoms with Crippen LogP contribution in [0.5, 0.6) is 5.75 Å². The number of ether oxygens (including phenoxy) is 1. The topological polar surface area (TPSA) is 38.5 Å². The van der Waals surface area contributed by atoms with Gasteiger partial charge in [0.25, 0.3) is 0 Å². The molecule has 0 saturated heterocycles. The molecule has 0 aromatic heterocycles. The first-order chi connectivity index (χ1) is 10.1. The molecule has 0 aliphatic heterocycles. The summed E-state index contributed by atoms with van der Waals surface area (Å²) in [6, 6.07) is 16.3. The van der Waals surface area contributed by atoms with Gasteiger partial charge in [-0.1, -0.05) is 31.2 Å². The Morgan fingerprint density at radius 1 is 0.952 bits per heavy atom. The van der Waals surface area contributed by atoms with Gasteiger partial charge in [0, 0.05) is 19.8 Å². The fourth-order valence-corrected chi connectivity index (χ4v) is 2.16. The van der Waals surface area contributed by atoms with Gasteiger partial charge in [-0.05, 0) is 41.8 Å². The number of nitrogens with zero attached hydrogens (tertiary/aromatic N) is 1. The molecule has 1 unspecified atom stereocenters. The van der Waals surface area contributed by atoms with E-state index in [0.29, 0.717) is 0 Å². The number of rotatable bonds is 6. The van der Waals surface area contributed by atoms with E-state index in [4.69, 9.17) is 10.5 Å². The molecule has 0 heterocycles. The minimum atomic E-state index is -0.110. The van der Waals surface area contributed by atoms with E-state index < -0.39 is 0 Å². The Hall–Kier alpha value is -2.00. The summed E-state index contributed by atoms with van der Waals surface area (Å²) in [6.45, 7) is 2.85. The lowest BCUT2D eigenvalue weighted by Gasteiger charge is -2.16. The predicted molar refractivity (Wildman–Crippen MR) is 89.0 cm³/mol. The standard InChI is InChI=1S/C18H24N2O/c1-4-13-21-17-11-7-15(8-12-17)18(19)14-5-9-16(10-6-14)20(2)3/h5-12,18H,4,13,19H2,1-3H3. The van der Waals surface area contributed by atoms with Crippen LogP contribution in [0.25, 0.3) is 0 Å². The summed E-state index contributed by atoms with van der Waals surface area (Å²) in [6.07, 6.45) is 1.01. The van der Waals surface area contributed by atoms with Crippen molar-refractivity contribution in [3.63, 3.8) is 0 Å². The predicted octanol–water partition coefficient (Wildman–Crippen LogP) is 3.59. The third kappa shape index (κ3) is 3.99. The van der Waals surface area contributed by atoms with Crippen LogP contribution in [0.3, 0.4) is 0 Å². The Morgan fingerprint density at radius 3 is 1.95 bits per heavy atom. The zero-order valence-electron chi connectivity index (χ0n) is 13.0. The Balaban J connectivity index is 2.10. The molecule has 0 aliphatic carbocycles. The molecule has 0 saturated carbocycles. The van der Waals surface area contributed by atoms with E-state index in [-0.39, 0.29) is 6.04 Å². The van der Waals surface area contributed by atoms with Gasteiger partial charge in [0.05, 0.1) is 12.6 Å². The van der Waals surface area contributed by atoms with Crippen molar-refractivity contribution in [3.05, 3.63) is 59.7 Å². The van der Waals surface area contributed by atoms with Crippen molar-refractivity contribution in [1.82, 2.24) is 0 Å². The van der Waals surface area contributed by atoms with Gasteiger partial charge < -0.3 is 15.4 Å². The lowest BCUT2D eigenvalue weighted by atomic mass is 9.99. The quantitative estimate of drug-likeness (QED) is 0.881. The molecule has 3 heteroatoms. The molecule has 2 aromatic carbocycles. The smallest absolute Gasteiger partial charge is 0.119 e. The molecule has 2 N–H and O–H groups in total. The summed E-state index contributed by atoms with van der Waals surface area (Å²) in [5, 5.41) is 0. The Morgan fingerprint density at radius 2 is 1.48 bits per heavy atom. The maximum atomic E-state index is 6.34. The third-order valence-electron chi connectivity index (χ3n) is 3.48. The van der Waals surface area contributed by atoms with E-state index in [1.807, 2.05) is 38.4 Å². The van der Waals surface area contributed by atoms with Crippen LogP contribution in [-0.4, -0.2) is 20.7 Å². The van der Waals surface area contributed by atoms with E-state index in [1.165, 1.54) is 5.69 Å². The third-order valence-corrected chi connectivity index (χ3v) is 3.48. The highest BCUT2D eigenvalue weighted by Crippen LogP contribution is 2.24. The minimum Gasteiger partial charge on any atom is -0.494 e. The molecule has 0 fully saturated rings. The van der Waals surface area contributed by atoms with Gasteiger partial charge in [-0.3, -0.25) is 0 Å². The lowest BCUT2D eigenvalue weighted by Crippen LogP contribution is -2.13. The molecular weight excluding hydrogens is 260 g/mol. The largest absolute Gasteiger partial charge is 0.494 e. The summed E-state index contributed by atoms with van der Waals surface area (Å²) in [5.74, 6) is 0.899. The first-order valence-electron chi connectivity index (χ1n) is 7.37. The second-order valence-electron chi connectivity index (χ2n) is 5.38. The van der Waals surface area contributed by atoms with E-state index in [0.717, 1.165) is 29.9 Å². The molecule has 2 aromatic rings. The summed E-state index contributed by atoms with van der Waals surface area (Å²) in [4.78, 5) is 2.08. The average Bonchev–Trinajstić information content (AvgIpc) is 2.53. The average molecular weight is 284 g/mol. The molecule has 0 bridgehead atoms. The van der Waals surface area contributed by atoms with Gasteiger partial charge in [-0.2, -0.15) is 0 Å². The van der Waals surface area contributed by atoms with Crippen LogP contribution in [0.2, 0.25) is 0 Å². The van der Waals surface area contributed by atoms with Gasteiger partial charge in [0.15, 0.2) is 0 Å². The highest BCUT2D eigenvalue weighted by Gasteiger charge is 2.09. The summed E-state index contributed by atoms with van der Waals surface area (Å²) >= 11 is 0. The maximum Gasteiger partial charge on any atom is 0.119 e. The van der Waals surface area contributed by atoms with Crippen LogP contribution in [-0.2, 0) is 0 Å². The van der Waals surface area contributed by atoms with E-state index in [2.05, 4.69) is 36.1 Å². The number of hydrogen-bond donors (Lipinski definition) is 1. The van der Waals surface area contributed by atoms with E-state index in [1.54, 1.807) is 0 Å². The fraction of sp³-hybridized carbons (Fsp3) is 0.333. The van der Waals surface area contributed by atoms with Crippen LogP contribution >= 0.6 is 0 Å². The SMILES string of the molecule is CCCOc1ccc(C(N)c2ccc(N(C)C)cc2)cc1. The highest BCUT2D eigenvalue weighted by atomic mass is 16.5. The number of anilines is 1. The van der Waals surface area contributed by atoms with Crippen LogP contribution in [0, 0.1) is 0 Å². The van der Waals surface area contributed by atoms with E-state index >= 15 is 0 Å². The molecular formula is C18H24N2O. The van der Waals surface area contributed by atoms with Crippen molar-refractivity contribution in [2.75, 3.05) is 25.6 Å². The molecule has 0 radical (unpaired) electrons. The van der Waals surface area contributed by atoms with Gasteiger partial charge >= 0.3 is 0 Å². The molecule has 1 atom stereocenters. The van der Waals surface area contributed by atoms with Gasteiger partial charge in [-0.25, -0.2) is 0 Å². The van der Waals surface area contributed by atoms with Gasteiger partial charge in [-0.15, -0.1) is 0 Å². The zero-order valence-corrected chi connectivity index (χ0v) is 13.0. The zero-order chi connectivity index (χ0) is 15.2. The Kier molecular flexibility index (Phi) is 5.23. The fourth-order valence-electron chi connectivity index (χ4n) is 2.16. The van der Waals surface area contributed by atoms with Crippen molar-refractivity contribution in [2.45, 2.75) is 19.4 Å². The lowest BCUT2D eigenvalue weighted by molar-refractivity contribution is 0.317. The Labute approximate surface area is 127 Å². The van der Waals surface area contributed by atoms with Crippen LogP contribution in [0.4, 0.5) is 5.69 Å². The molecule has 112 valence electrons. The van der Waals surface area contributed by atoms with Gasteiger partial charge in [0.2, 0.25) is 0 Å².